The molecule has 0 aliphatic carbocycles. The summed E-state index contributed by atoms with van der Waals surface area (Å²) in [7, 11) is 0. The first kappa shape index (κ1) is 25.4. The maximum absolute atomic E-state index is 13.8. The van der Waals surface area contributed by atoms with Gasteiger partial charge in [0, 0.05) is 38.4 Å². The Morgan fingerprint density at radius 3 is 2.69 bits per heavy atom. The summed E-state index contributed by atoms with van der Waals surface area (Å²) in [5.74, 6) is 0.422. The largest absolute Gasteiger partial charge is 0.355 e. The second-order valence-corrected chi connectivity index (χ2v) is 11.3. The van der Waals surface area contributed by atoms with Crippen LogP contribution >= 0.6 is 11.3 Å². The molecule has 1 aromatic carbocycles. The van der Waals surface area contributed by atoms with Gasteiger partial charge in [0.05, 0.1) is 39.7 Å². The van der Waals surface area contributed by atoms with Crippen LogP contribution in [0.3, 0.4) is 0 Å². The van der Waals surface area contributed by atoms with Gasteiger partial charge in [0.1, 0.15) is 16.2 Å². The molecule has 1 aliphatic heterocycles. The molecule has 5 heterocycles. The number of anilines is 1. The van der Waals surface area contributed by atoms with Crippen molar-refractivity contribution in [2.24, 2.45) is 0 Å². The number of aryl methyl sites for hydroxylation is 1. The van der Waals surface area contributed by atoms with Gasteiger partial charge in [-0.2, -0.15) is 0 Å². The maximum atomic E-state index is 13.8. The summed E-state index contributed by atoms with van der Waals surface area (Å²) in [4.78, 5) is 46.3. The highest BCUT2D eigenvalue weighted by atomic mass is 32.1. The smallest absolute Gasteiger partial charge is 0.258 e. The zero-order valence-electron chi connectivity index (χ0n) is 22.3. The van der Waals surface area contributed by atoms with Gasteiger partial charge in [0.25, 0.3) is 5.91 Å². The Hall–Kier alpha value is -3.89. The van der Waals surface area contributed by atoms with Crippen molar-refractivity contribution in [1.29, 1.82) is 0 Å². The van der Waals surface area contributed by atoms with Crippen LogP contribution < -0.4 is 15.6 Å². The van der Waals surface area contributed by atoms with Crippen LogP contribution in [-0.4, -0.2) is 62.4 Å². The Bertz CT molecular complexity index is 1740. The molecule has 200 valence electrons. The fraction of sp³-hybridized carbons (Fsp3) is 0.345. The Kier molecular flexibility index (Phi) is 6.74. The van der Waals surface area contributed by atoms with Crippen LogP contribution in [0.2, 0.25) is 0 Å². The number of nitrogens with zero attached hydrogens (tertiary/aromatic N) is 6. The molecule has 1 amide bonds. The zero-order chi connectivity index (χ0) is 27.1. The highest BCUT2D eigenvalue weighted by Gasteiger charge is 2.24. The lowest BCUT2D eigenvalue weighted by Gasteiger charge is -2.25. The van der Waals surface area contributed by atoms with Crippen LogP contribution in [0.1, 0.15) is 42.0 Å². The quantitative estimate of drug-likeness (QED) is 0.359. The van der Waals surface area contributed by atoms with Crippen molar-refractivity contribution in [3.63, 3.8) is 0 Å². The normalized spacial score (nSPS) is 14.9. The summed E-state index contributed by atoms with van der Waals surface area (Å²) in [5.41, 5.74) is 2.74. The number of carbonyl (C=O) groups excluding carboxylic acids is 1. The molecule has 1 fully saturated rings. The second-order valence-electron chi connectivity index (χ2n) is 10.3. The molecule has 6 rings (SSSR count). The van der Waals surface area contributed by atoms with Crippen LogP contribution in [-0.2, 0) is 6.54 Å². The van der Waals surface area contributed by atoms with Crippen molar-refractivity contribution in [1.82, 2.24) is 29.6 Å². The predicted octanol–water partition coefficient (Wildman–Crippen LogP) is 4.01. The molecule has 1 N–H and O–H groups in total. The van der Waals surface area contributed by atoms with Gasteiger partial charge in [-0.25, -0.2) is 4.98 Å². The SMILES string of the molecule is Cc1cnc(CNC(=O)c2c(=O)c3ccc(N4CCCN(C(C)C)CC4)nc3n3c2sc2ccccc23)cn1. The number of carbonyl (C=O) groups is 1. The predicted molar refractivity (Wildman–Crippen MR) is 156 cm³/mol. The van der Waals surface area contributed by atoms with Gasteiger partial charge in [-0.3, -0.25) is 28.9 Å². The monoisotopic (exact) mass is 541 g/mol. The highest BCUT2D eigenvalue weighted by Crippen LogP contribution is 2.31. The fourth-order valence-electron chi connectivity index (χ4n) is 5.21. The number of para-hydroxylation sites is 1. The third-order valence-electron chi connectivity index (χ3n) is 7.35. The number of thiazole rings is 1. The van der Waals surface area contributed by atoms with E-state index in [0.717, 1.165) is 54.3 Å². The molecule has 9 nitrogen and oxygen atoms in total. The number of hydrogen-bond acceptors (Lipinski definition) is 8. The van der Waals surface area contributed by atoms with Crippen molar-refractivity contribution in [2.75, 3.05) is 31.1 Å². The Morgan fingerprint density at radius 2 is 1.90 bits per heavy atom. The van der Waals surface area contributed by atoms with E-state index in [4.69, 9.17) is 4.98 Å². The van der Waals surface area contributed by atoms with Crippen molar-refractivity contribution >= 4 is 49.1 Å². The molecule has 4 aromatic heterocycles. The first-order valence-electron chi connectivity index (χ1n) is 13.3. The first-order valence-corrected chi connectivity index (χ1v) is 14.1. The van der Waals surface area contributed by atoms with Gasteiger partial charge in [-0.15, -0.1) is 11.3 Å². The summed E-state index contributed by atoms with van der Waals surface area (Å²) >= 11 is 1.43. The molecule has 1 aliphatic rings. The third kappa shape index (κ3) is 4.74. The fourth-order valence-corrected chi connectivity index (χ4v) is 6.39. The number of pyridine rings is 2. The summed E-state index contributed by atoms with van der Waals surface area (Å²) in [6.07, 6.45) is 4.34. The lowest BCUT2D eigenvalue weighted by molar-refractivity contribution is 0.0951. The number of benzene rings is 1. The molecule has 0 atom stereocenters. The molecule has 10 heteroatoms. The number of aromatic nitrogens is 4. The summed E-state index contributed by atoms with van der Waals surface area (Å²) < 4.78 is 2.96. The minimum atomic E-state index is -0.432. The first-order chi connectivity index (χ1) is 18.9. The van der Waals surface area contributed by atoms with Crippen LogP contribution in [0.15, 0.2) is 53.6 Å². The topological polar surface area (TPSA) is 95.7 Å². The highest BCUT2D eigenvalue weighted by molar-refractivity contribution is 7.24. The Morgan fingerprint density at radius 1 is 1.05 bits per heavy atom. The average Bonchev–Trinajstić information content (AvgIpc) is 3.13. The van der Waals surface area contributed by atoms with E-state index in [2.05, 4.69) is 38.9 Å². The van der Waals surface area contributed by atoms with E-state index >= 15 is 0 Å². The number of fused-ring (bicyclic) bond motifs is 5. The molecular formula is C29H31N7O2S. The van der Waals surface area contributed by atoms with Gasteiger partial charge in [0.15, 0.2) is 5.65 Å². The van der Waals surface area contributed by atoms with E-state index in [9.17, 15) is 9.59 Å². The maximum Gasteiger partial charge on any atom is 0.258 e. The Labute approximate surface area is 230 Å². The summed E-state index contributed by atoms with van der Waals surface area (Å²) in [6.45, 7) is 10.3. The van der Waals surface area contributed by atoms with Crippen LogP contribution in [0.25, 0.3) is 26.1 Å². The van der Waals surface area contributed by atoms with Gasteiger partial charge in [-0.1, -0.05) is 12.1 Å². The van der Waals surface area contributed by atoms with Gasteiger partial charge >= 0.3 is 0 Å². The standard InChI is InChI=1S/C29H31N7O2S/c1-18(2)34-11-6-12-35(14-13-34)24-10-9-21-26(37)25(28(38)32-17-20-16-30-19(3)15-31-20)29-36(27(21)33-24)22-7-4-5-8-23(22)39-29/h4-5,7-10,15-16,18H,6,11-14,17H2,1-3H3,(H,32,38). The molecule has 0 unspecified atom stereocenters. The van der Waals surface area contributed by atoms with Crippen LogP contribution in [0.5, 0.6) is 0 Å². The minimum absolute atomic E-state index is 0.126. The van der Waals surface area contributed by atoms with E-state index in [-0.39, 0.29) is 17.5 Å². The second kappa shape index (κ2) is 10.3. The molecule has 0 radical (unpaired) electrons. The van der Waals surface area contributed by atoms with E-state index in [1.54, 1.807) is 12.4 Å². The lowest BCUT2D eigenvalue weighted by atomic mass is 10.1. The van der Waals surface area contributed by atoms with Crippen molar-refractivity contribution in [2.45, 2.75) is 39.8 Å². The molecule has 5 aromatic rings. The van der Waals surface area contributed by atoms with Crippen molar-refractivity contribution in [3.8, 4) is 0 Å². The van der Waals surface area contributed by atoms with Crippen molar-refractivity contribution < 1.29 is 4.79 Å². The van der Waals surface area contributed by atoms with Crippen LogP contribution in [0.4, 0.5) is 5.82 Å². The lowest BCUT2D eigenvalue weighted by Crippen LogP contribution is -2.35. The van der Waals surface area contributed by atoms with E-state index < -0.39 is 5.91 Å². The Balaban J connectivity index is 1.45. The molecule has 1 saturated heterocycles. The zero-order valence-corrected chi connectivity index (χ0v) is 23.2. The molecule has 0 spiro atoms. The molecule has 0 saturated carbocycles. The number of hydrogen-bond donors (Lipinski definition) is 1. The van der Waals surface area contributed by atoms with E-state index in [1.807, 2.05) is 47.7 Å². The molecule has 39 heavy (non-hydrogen) atoms. The third-order valence-corrected chi connectivity index (χ3v) is 8.50. The number of rotatable bonds is 5. The minimum Gasteiger partial charge on any atom is -0.355 e. The summed E-state index contributed by atoms with van der Waals surface area (Å²) in [5, 5.41) is 3.31. The average molecular weight is 542 g/mol. The summed E-state index contributed by atoms with van der Waals surface area (Å²) in [6, 6.07) is 12.2. The van der Waals surface area contributed by atoms with Crippen LogP contribution in [0, 0.1) is 6.92 Å². The number of nitrogens with one attached hydrogen (secondary N) is 1. The number of amides is 1. The molecular weight excluding hydrogens is 510 g/mol. The van der Waals surface area contributed by atoms with E-state index in [0.29, 0.717) is 27.6 Å². The van der Waals surface area contributed by atoms with Crippen molar-refractivity contribution in [3.05, 3.63) is 76.0 Å². The van der Waals surface area contributed by atoms with Gasteiger partial charge in [-0.05, 0) is 51.5 Å². The van der Waals surface area contributed by atoms with Gasteiger partial charge < -0.3 is 10.2 Å². The van der Waals surface area contributed by atoms with E-state index in [1.165, 1.54) is 11.3 Å². The van der Waals surface area contributed by atoms with Gasteiger partial charge in [0.2, 0.25) is 5.43 Å². The molecule has 0 bridgehead atoms.